The van der Waals surface area contributed by atoms with Crippen LogP contribution in [0.5, 0.6) is 0 Å². The number of nitrogens with zero attached hydrogens (tertiary/aromatic N) is 3. The van der Waals surface area contributed by atoms with Crippen molar-refractivity contribution < 1.29 is 14.3 Å². The summed E-state index contributed by atoms with van der Waals surface area (Å²) in [5.74, 6) is -0.757. The fourth-order valence-corrected chi connectivity index (χ4v) is 1.80. The molecule has 1 amide bonds. The van der Waals surface area contributed by atoms with Crippen LogP contribution in [0.4, 0.5) is 0 Å². The third-order valence-electron chi connectivity index (χ3n) is 2.74. The Hall–Kier alpha value is -2.64. The summed E-state index contributed by atoms with van der Waals surface area (Å²) in [6.07, 6.45) is 1.68. The van der Waals surface area contributed by atoms with Crippen LogP contribution in [0.15, 0.2) is 29.2 Å². The molecule has 0 aliphatic heterocycles. The topological polar surface area (TPSA) is 94.7 Å². The van der Waals surface area contributed by atoms with Gasteiger partial charge in [-0.2, -0.15) is 0 Å². The highest BCUT2D eigenvalue weighted by Gasteiger charge is 2.10. The molecule has 112 valence electrons. The van der Waals surface area contributed by atoms with Gasteiger partial charge >= 0.3 is 11.7 Å². The fraction of sp³-hybridized carbons (Fsp3) is 0.385. The molecule has 0 saturated carbocycles. The maximum atomic E-state index is 11.9. The number of esters is 1. The van der Waals surface area contributed by atoms with E-state index in [0.717, 1.165) is 4.68 Å². The highest BCUT2D eigenvalue weighted by molar-refractivity contribution is 5.76. The van der Waals surface area contributed by atoms with E-state index in [2.05, 4.69) is 10.4 Å². The van der Waals surface area contributed by atoms with Crippen LogP contribution in [0.3, 0.4) is 0 Å². The van der Waals surface area contributed by atoms with Gasteiger partial charge < -0.3 is 10.1 Å². The summed E-state index contributed by atoms with van der Waals surface area (Å²) in [4.78, 5) is 34.8. The van der Waals surface area contributed by atoms with E-state index in [-0.39, 0.29) is 37.1 Å². The molecule has 0 aromatic carbocycles. The zero-order valence-corrected chi connectivity index (χ0v) is 11.6. The average Bonchev–Trinajstić information content (AvgIpc) is 2.76. The number of hydrogen-bond acceptors (Lipinski definition) is 5. The van der Waals surface area contributed by atoms with E-state index in [1.54, 1.807) is 31.3 Å². The molecule has 0 bridgehead atoms. The highest BCUT2D eigenvalue weighted by atomic mass is 16.5. The molecule has 8 heteroatoms. The number of rotatable bonds is 6. The number of hydrogen-bond donors (Lipinski definition) is 1. The molecular formula is C13H16N4O4. The molecule has 2 heterocycles. The van der Waals surface area contributed by atoms with E-state index in [1.165, 1.54) is 4.40 Å². The van der Waals surface area contributed by atoms with Crippen LogP contribution in [0, 0.1) is 0 Å². The summed E-state index contributed by atoms with van der Waals surface area (Å²) in [5, 5.41) is 6.58. The van der Waals surface area contributed by atoms with E-state index in [4.69, 9.17) is 4.74 Å². The smallest absolute Gasteiger partial charge is 0.350 e. The first kappa shape index (κ1) is 14.8. The third-order valence-corrected chi connectivity index (χ3v) is 2.74. The Morgan fingerprint density at radius 1 is 1.38 bits per heavy atom. The van der Waals surface area contributed by atoms with E-state index >= 15 is 0 Å². The largest absolute Gasteiger partial charge is 0.466 e. The molecule has 2 aromatic rings. The summed E-state index contributed by atoms with van der Waals surface area (Å²) in [6, 6.07) is 5.14. The standard InChI is InChI=1S/C13H16N4O4/c1-2-21-12(19)6-7-14-11(18)9-17-13(20)16-8-4-3-5-10(16)15-17/h3-5,8H,2,6-7,9H2,1H3,(H,14,18). The van der Waals surface area contributed by atoms with Crippen LogP contribution in [0.1, 0.15) is 13.3 Å². The molecule has 0 fully saturated rings. The molecule has 0 atom stereocenters. The van der Waals surface area contributed by atoms with Gasteiger partial charge in [0, 0.05) is 12.7 Å². The molecule has 2 rings (SSSR count). The molecular weight excluding hydrogens is 276 g/mol. The Labute approximate surface area is 120 Å². The highest BCUT2D eigenvalue weighted by Crippen LogP contribution is 1.94. The summed E-state index contributed by atoms with van der Waals surface area (Å²) in [6.45, 7) is 2.00. The first-order valence-corrected chi connectivity index (χ1v) is 6.58. The number of nitrogens with one attached hydrogen (secondary N) is 1. The van der Waals surface area contributed by atoms with Crippen molar-refractivity contribution in [1.82, 2.24) is 19.5 Å². The maximum Gasteiger partial charge on any atom is 0.350 e. The zero-order valence-electron chi connectivity index (χ0n) is 11.6. The number of carbonyl (C=O) groups excluding carboxylic acids is 2. The molecule has 0 unspecified atom stereocenters. The molecule has 0 radical (unpaired) electrons. The summed E-state index contributed by atoms with van der Waals surface area (Å²) >= 11 is 0. The van der Waals surface area contributed by atoms with Crippen molar-refractivity contribution >= 4 is 17.5 Å². The maximum absolute atomic E-state index is 11.9. The van der Waals surface area contributed by atoms with Crippen molar-refractivity contribution in [2.24, 2.45) is 0 Å². The number of aromatic nitrogens is 3. The number of pyridine rings is 1. The van der Waals surface area contributed by atoms with Crippen molar-refractivity contribution in [2.75, 3.05) is 13.2 Å². The minimum absolute atomic E-state index is 0.0969. The fourth-order valence-electron chi connectivity index (χ4n) is 1.80. The van der Waals surface area contributed by atoms with Crippen molar-refractivity contribution in [3.63, 3.8) is 0 Å². The Bertz CT molecular complexity index is 704. The van der Waals surface area contributed by atoms with Crippen molar-refractivity contribution in [3.8, 4) is 0 Å². The minimum atomic E-state index is -0.384. The van der Waals surface area contributed by atoms with E-state index in [0.29, 0.717) is 12.3 Å². The van der Waals surface area contributed by atoms with Crippen LogP contribution < -0.4 is 11.0 Å². The van der Waals surface area contributed by atoms with Gasteiger partial charge in [0.25, 0.3) is 0 Å². The first-order chi connectivity index (χ1) is 10.1. The number of fused-ring (bicyclic) bond motifs is 1. The molecule has 0 saturated heterocycles. The van der Waals surface area contributed by atoms with Crippen molar-refractivity contribution in [3.05, 3.63) is 34.9 Å². The van der Waals surface area contributed by atoms with Gasteiger partial charge in [0.15, 0.2) is 5.65 Å². The molecule has 8 nitrogen and oxygen atoms in total. The molecule has 0 spiro atoms. The second-order valence-electron chi connectivity index (χ2n) is 4.27. The van der Waals surface area contributed by atoms with E-state index in [9.17, 15) is 14.4 Å². The average molecular weight is 292 g/mol. The first-order valence-electron chi connectivity index (χ1n) is 6.58. The summed E-state index contributed by atoms with van der Waals surface area (Å²) < 4.78 is 7.17. The van der Waals surface area contributed by atoms with E-state index in [1.807, 2.05) is 0 Å². The molecule has 0 aliphatic carbocycles. The lowest BCUT2D eigenvalue weighted by Gasteiger charge is -2.04. The monoisotopic (exact) mass is 292 g/mol. The molecule has 2 aromatic heterocycles. The van der Waals surface area contributed by atoms with Gasteiger partial charge in [-0.1, -0.05) is 6.07 Å². The summed E-state index contributed by atoms with van der Waals surface area (Å²) in [5.41, 5.74) is 0.0907. The van der Waals surface area contributed by atoms with Crippen molar-refractivity contribution in [1.29, 1.82) is 0 Å². The quantitative estimate of drug-likeness (QED) is 0.729. The molecule has 1 N–H and O–H groups in total. The Balaban J connectivity index is 1.91. The van der Waals surface area contributed by atoms with Crippen LogP contribution in [-0.4, -0.2) is 39.2 Å². The van der Waals surface area contributed by atoms with Crippen molar-refractivity contribution in [2.45, 2.75) is 19.9 Å². The molecule has 21 heavy (non-hydrogen) atoms. The Morgan fingerprint density at radius 2 is 2.19 bits per heavy atom. The van der Waals surface area contributed by atoms with Gasteiger partial charge in [0.1, 0.15) is 6.54 Å². The minimum Gasteiger partial charge on any atom is -0.466 e. The normalized spacial score (nSPS) is 10.5. The second-order valence-corrected chi connectivity index (χ2v) is 4.27. The third kappa shape index (κ3) is 3.68. The lowest BCUT2D eigenvalue weighted by atomic mass is 10.4. The SMILES string of the molecule is CCOC(=O)CCNC(=O)Cn1nc2ccccn2c1=O. The van der Waals surface area contributed by atoms with E-state index < -0.39 is 0 Å². The van der Waals surface area contributed by atoms with Gasteiger partial charge in [0.05, 0.1) is 13.0 Å². The second kappa shape index (κ2) is 6.69. The van der Waals surface area contributed by atoms with Gasteiger partial charge in [0.2, 0.25) is 5.91 Å². The number of ether oxygens (including phenoxy) is 1. The summed E-state index contributed by atoms with van der Waals surface area (Å²) in [7, 11) is 0. The number of carbonyl (C=O) groups is 2. The van der Waals surface area contributed by atoms with Crippen LogP contribution in [0.25, 0.3) is 5.65 Å². The Morgan fingerprint density at radius 3 is 2.90 bits per heavy atom. The predicted molar refractivity (Wildman–Crippen MR) is 73.7 cm³/mol. The van der Waals surface area contributed by atoms with Crippen LogP contribution in [-0.2, 0) is 20.9 Å². The number of amides is 1. The van der Waals surface area contributed by atoms with Gasteiger partial charge in [-0.25, -0.2) is 9.48 Å². The molecule has 0 aliphatic rings. The predicted octanol–water partition coefficient (Wildman–Crippen LogP) is -0.435. The lowest BCUT2D eigenvalue weighted by molar-refractivity contribution is -0.143. The van der Waals surface area contributed by atoms with Gasteiger partial charge in [-0.3, -0.25) is 14.0 Å². The van der Waals surface area contributed by atoms with Crippen LogP contribution >= 0.6 is 0 Å². The van der Waals surface area contributed by atoms with Gasteiger partial charge in [-0.15, -0.1) is 5.10 Å². The van der Waals surface area contributed by atoms with Gasteiger partial charge in [-0.05, 0) is 19.1 Å². The Kier molecular flexibility index (Phi) is 4.70. The zero-order chi connectivity index (χ0) is 15.2. The lowest BCUT2D eigenvalue weighted by Crippen LogP contribution is -2.33. The van der Waals surface area contributed by atoms with Crippen LogP contribution in [0.2, 0.25) is 0 Å².